The number of rotatable bonds is 9. The quantitative estimate of drug-likeness (QED) is 0.523. The third-order valence-corrected chi connectivity index (χ3v) is 6.59. The number of amides is 2. The fourth-order valence-corrected chi connectivity index (χ4v) is 4.79. The molecule has 2 aliphatic rings. The first-order chi connectivity index (χ1) is 16.5. The van der Waals surface area contributed by atoms with E-state index in [2.05, 4.69) is 34.9 Å². The van der Waals surface area contributed by atoms with Crippen molar-refractivity contribution in [3.63, 3.8) is 0 Å². The molecule has 34 heavy (non-hydrogen) atoms. The third kappa shape index (κ3) is 5.22. The van der Waals surface area contributed by atoms with E-state index in [0.29, 0.717) is 19.4 Å². The van der Waals surface area contributed by atoms with Crippen molar-refractivity contribution in [2.75, 3.05) is 19.8 Å². The average molecular weight is 467 g/mol. The molecule has 180 valence electrons. The fourth-order valence-electron chi connectivity index (χ4n) is 4.79. The second-order valence-electron chi connectivity index (χ2n) is 8.76. The Morgan fingerprint density at radius 1 is 1.09 bits per heavy atom. The lowest BCUT2D eigenvalue weighted by Gasteiger charge is -2.22. The summed E-state index contributed by atoms with van der Waals surface area (Å²) < 4.78 is 11.1. The number of carbonyl (C=O) groups is 3. The number of carboxylic acid groups (broad SMARTS) is 1. The number of ether oxygens (including phenoxy) is 2. The van der Waals surface area contributed by atoms with E-state index in [9.17, 15) is 14.4 Å². The molecule has 3 atom stereocenters. The van der Waals surface area contributed by atoms with Crippen LogP contribution in [0.4, 0.5) is 4.79 Å². The molecule has 8 heteroatoms. The predicted octanol–water partition coefficient (Wildman–Crippen LogP) is 3.30. The molecule has 2 aromatic rings. The van der Waals surface area contributed by atoms with Crippen LogP contribution in [-0.2, 0) is 19.1 Å². The summed E-state index contributed by atoms with van der Waals surface area (Å²) in [5.41, 5.74) is 4.61. The van der Waals surface area contributed by atoms with Gasteiger partial charge >= 0.3 is 12.1 Å². The van der Waals surface area contributed by atoms with Gasteiger partial charge in [0, 0.05) is 31.0 Å². The normalized spacial score (nSPS) is 19.7. The maximum atomic E-state index is 12.6. The molecule has 1 saturated heterocycles. The largest absolute Gasteiger partial charge is 0.481 e. The molecular weight excluding hydrogens is 436 g/mol. The standard InChI is InChI=1S/C26H30N2O6/c1-2-17(13-23(29)30)28-25(31)24-16(11-12-33-24)14-27-26(32)34-15-22-20-9-5-3-7-18(20)19-8-4-6-10-21(19)22/h3-10,16-17,22,24H,2,11-15H2,1H3,(H,27,32)(H,28,31)(H,29,30)/t16-,17+,24-/m0/s1. The molecule has 0 radical (unpaired) electrons. The highest BCUT2D eigenvalue weighted by atomic mass is 16.5. The summed E-state index contributed by atoms with van der Waals surface area (Å²) in [4.78, 5) is 36.0. The number of carboxylic acids is 1. The first-order valence-electron chi connectivity index (χ1n) is 11.7. The van der Waals surface area contributed by atoms with Crippen LogP contribution in [0.15, 0.2) is 48.5 Å². The fraction of sp³-hybridized carbons (Fsp3) is 0.423. The number of carbonyl (C=O) groups excluding carboxylic acids is 2. The zero-order valence-corrected chi connectivity index (χ0v) is 19.2. The van der Waals surface area contributed by atoms with E-state index in [1.54, 1.807) is 0 Å². The van der Waals surface area contributed by atoms with Crippen molar-refractivity contribution in [3.8, 4) is 11.1 Å². The molecule has 0 saturated carbocycles. The van der Waals surface area contributed by atoms with Gasteiger partial charge in [-0.2, -0.15) is 0 Å². The van der Waals surface area contributed by atoms with Crippen LogP contribution in [0, 0.1) is 5.92 Å². The third-order valence-electron chi connectivity index (χ3n) is 6.59. The van der Waals surface area contributed by atoms with Crippen molar-refractivity contribution in [3.05, 3.63) is 59.7 Å². The molecule has 2 amide bonds. The van der Waals surface area contributed by atoms with Crippen molar-refractivity contribution in [1.82, 2.24) is 10.6 Å². The van der Waals surface area contributed by atoms with Crippen molar-refractivity contribution < 1.29 is 29.0 Å². The van der Waals surface area contributed by atoms with E-state index >= 15 is 0 Å². The van der Waals surface area contributed by atoms with Gasteiger partial charge in [0.25, 0.3) is 0 Å². The van der Waals surface area contributed by atoms with Crippen molar-refractivity contribution >= 4 is 18.0 Å². The first kappa shape index (κ1) is 23.8. The molecule has 1 heterocycles. The van der Waals surface area contributed by atoms with Crippen molar-refractivity contribution in [2.24, 2.45) is 5.92 Å². The monoisotopic (exact) mass is 466 g/mol. The molecule has 0 bridgehead atoms. The maximum Gasteiger partial charge on any atom is 0.407 e. The summed E-state index contributed by atoms with van der Waals surface area (Å²) in [6.07, 6.45) is -0.273. The van der Waals surface area contributed by atoms with Crippen LogP contribution in [-0.4, -0.2) is 55.0 Å². The lowest BCUT2D eigenvalue weighted by molar-refractivity contribution is -0.138. The predicted molar refractivity (Wildman–Crippen MR) is 125 cm³/mol. The van der Waals surface area contributed by atoms with Crippen molar-refractivity contribution in [2.45, 2.75) is 44.2 Å². The topological polar surface area (TPSA) is 114 Å². The Morgan fingerprint density at radius 3 is 2.35 bits per heavy atom. The molecule has 2 aromatic carbocycles. The van der Waals surface area contributed by atoms with Gasteiger partial charge in [-0.15, -0.1) is 0 Å². The highest BCUT2D eigenvalue weighted by Gasteiger charge is 2.35. The van der Waals surface area contributed by atoms with Crippen LogP contribution < -0.4 is 10.6 Å². The minimum atomic E-state index is -0.965. The lowest BCUT2D eigenvalue weighted by Crippen LogP contribution is -2.46. The first-order valence-corrected chi connectivity index (χ1v) is 11.7. The van der Waals surface area contributed by atoms with Gasteiger partial charge in [0.15, 0.2) is 0 Å². The van der Waals surface area contributed by atoms with E-state index in [-0.39, 0.29) is 37.3 Å². The highest BCUT2D eigenvalue weighted by molar-refractivity contribution is 5.82. The number of nitrogens with one attached hydrogen (secondary N) is 2. The molecule has 1 fully saturated rings. The summed E-state index contributed by atoms with van der Waals surface area (Å²) in [7, 11) is 0. The minimum Gasteiger partial charge on any atom is -0.481 e. The smallest absolute Gasteiger partial charge is 0.407 e. The average Bonchev–Trinajstić information content (AvgIpc) is 3.43. The number of fused-ring (bicyclic) bond motifs is 3. The molecule has 1 aliphatic heterocycles. The number of hydrogen-bond acceptors (Lipinski definition) is 5. The number of aliphatic carboxylic acids is 1. The molecule has 8 nitrogen and oxygen atoms in total. The van der Waals surface area contributed by atoms with Gasteiger partial charge < -0.3 is 25.2 Å². The number of hydrogen-bond donors (Lipinski definition) is 3. The minimum absolute atomic E-state index is 0.0216. The van der Waals surface area contributed by atoms with Gasteiger partial charge in [-0.1, -0.05) is 55.5 Å². The molecule has 4 rings (SSSR count). The Kier molecular flexibility index (Phi) is 7.47. The van der Waals surface area contributed by atoms with Crippen LogP contribution in [0.25, 0.3) is 11.1 Å². The maximum absolute atomic E-state index is 12.6. The summed E-state index contributed by atoms with van der Waals surface area (Å²) in [5, 5.41) is 14.5. The SMILES string of the molecule is CC[C@H](CC(=O)O)NC(=O)[C@H]1OCC[C@H]1CNC(=O)OCC1c2ccccc2-c2ccccc21. The Bertz CT molecular complexity index is 1010. The van der Waals surface area contributed by atoms with Gasteiger partial charge in [-0.05, 0) is 35.1 Å². The zero-order valence-electron chi connectivity index (χ0n) is 19.2. The van der Waals surface area contributed by atoms with Gasteiger partial charge in [0.1, 0.15) is 12.7 Å². The van der Waals surface area contributed by atoms with Crippen LogP contribution in [0.3, 0.4) is 0 Å². The van der Waals surface area contributed by atoms with Gasteiger partial charge in [0.05, 0.1) is 6.42 Å². The molecular formula is C26H30N2O6. The Hall–Kier alpha value is -3.39. The zero-order chi connectivity index (χ0) is 24.1. The second kappa shape index (κ2) is 10.7. The second-order valence-corrected chi connectivity index (χ2v) is 8.76. The van der Waals surface area contributed by atoms with E-state index in [1.807, 2.05) is 31.2 Å². The molecule has 0 spiro atoms. The number of alkyl carbamates (subject to hydrolysis) is 1. The van der Waals surface area contributed by atoms with E-state index in [4.69, 9.17) is 14.6 Å². The van der Waals surface area contributed by atoms with E-state index < -0.39 is 24.2 Å². The van der Waals surface area contributed by atoms with E-state index in [1.165, 1.54) is 0 Å². The van der Waals surface area contributed by atoms with Crippen molar-refractivity contribution in [1.29, 1.82) is 0 Å². The highest BCUT2D eigenvalue weighted by Crippen LogP contribution is 2.44. The Balaban J connectivity index is 1.29. The molecule has 0 aromatic heterocycles. The lowest BCUT2D eigenvalue weighted by atomic mass is 9.98. The van der Waals surface area contributed by atoms with Gasteiger partial charge in [-0.25, -0.2) is 4.79 Å². The molecule has 0 unspecified atom stereocenters. The van der Waals surface area contributed by atoms with Crippen LogP contribution in [0.2, 0.25) is 0 Å². The Morgan fingerprint density at radius 2 is 1.74 bits per heavy atom. The molecule has 3 N–H and O–H groups in total. The summed E-state index contributed by atoms with van der Waals surface area (Å²) in [5.74, 6) is -1.53. The summed E-state index contributed by atoms with van der Waals surface area (Å²) in [6, 6.07) is 15.8. The van der Waals surface area contributed by atoms with Gasteiger partial charge in [0.2, 0.25) is 5.91 Å². The van der Waals surface area contributed by atoms with Crippen LogP contribution in [0.5, 0.6) is 0 Å². The van der Waals surface area contributed by atoms with Gasteiger partial charge in [-0.3, -0.25) is 9.59 Å². The Labute approximate surface area is 198 Å². The van der Waals surface area contributed by atoms with Crippen LogP contribution >= 0.6 is 0 Å². The van der Waals surface area contributed by atoms with E-state index in [0.717, 1.165) is 22.3 Å². The number of benzene rings is 2. The van der Waals surface area contributed by atoms with Crippen LogP contribution in [0.1, 0.15) is 43.2 Å². The summed E-state index contributed by atoms with van der Waals surface area (Å²) >= 11 is 0. The molecule has 1 aliphatic carbocycles. The summed E-state index contributed by atoms with van der Waals surface area (Å²) in [6.45, 7) is 2.69.